The highest BCUT2D eigenvalue weighted by Crippen LogP contribution is 2.28. The summed E-state index contributed by atoms with van der Waals surface area (Å²) in [5.41, 5.74) is 4.15. The molecule has 2 heterocycles. The quantitative estimate of drug-likeness (QED) is 0.387. The molecule has 1 aliphatic heterocycles. The van der Waals surface area contributed by atoms with Gasteiger partial charge in [0.05, 0.1) is 28.2 Å². The van der Waals surface area contributed by atoms with E-state index in [0.29, 0.717) is 6.42 Å². The maximum absolute atomic E-state index is 13.6. The molecule has 1 aromatic carbocycles. The van der Waals surface area contributed by atoms with Gasteiger partial charge in [0.15, 0.2) is 5.78 Å². The summed E-state index contributed by atoms with van der Waals surface area (Å²) in [5.74, 6) is -1.42. The Morgan fingerprint density at radius 1 is 1.12 bits per heavy atom. The number of ketones is 1. The standard InChI is InChI=1S/C30H42N4O6S/c1-17(2)25(33-27(37)19(4)32-29(39)40-30(5,6)7)28(38)34-15-22(35)14-23(34)24(36)13-10-20-8-11-21(12-9-20)26-18(3)31-16-41-26/h8-9,11-12,16-17,19,22-23,25,35H,10,13-15H2,1-7H3,(H,32,39)(H,33,37)/t19-,22+,23-,25-/m0/s1. The number of β-amino-alcohol motifs (C(OH)–C–C–N with tert-alkyl or cyclic N) is 1. The second-order valence-corrected chi connectivity index (χ2v) is 12.8. The maximum Gasteiger partial charge on any atom is 0.408 e. The number of ether oxygens (including phenoxy) is 1. The predicted octanol–water partition coefficient (Wildman–Crippen LogP) is 3.64. The molecular formula is C30H42N4O6S. The monoisotopic (exact) mass is 586 g/mol. The highest BCUT2D eigenvalue weighted by molar-refractivity contribution is 7.13. The van der Waals surface area contributed by atoms with E-state index in [2.05, 4.69) is 15.6 Å². The first kappa shape index (κ1) is 32.2. The third-order valence-electron chi connectivity index (χ3n) is 6.91. The lowest BCUT2D eigenvalue weighted by molar-refractivity contribution is -0.142. The molecule has 3 N–H and O–H groups in total. The molecule has 1 saturated heterocycles. The van der Waals surface area contributed by atoms with E-state index in [9.17, 15) is 24.3 Å². The van der Waals surface area contributed by atoms with Gasteiger partial charge in [-0.2, -0.15) is 0 Å². The molecule has 11 heteroatoms. The van der Waals surface area contributed by atoms with Crippen LogP contribution in [0.15, 0.2) is 29.8 Å². The Kier molecular flexibility index (Phi) is 10.7. The number of hydrogen-bond donors (Lipinski definition) is 3. The number of rotatable bonds is 10. The third kappa shape index (κ3) is 8.84. The lowest BCUT2D eigenvalue weighted by Gasteiger charge is -2.31. The number of aliphatic hydroxyl groups is 1. The number of aryl methyl sites for hydroxylation is 2. The summed E-state index contributed by atoms with van der Waals surface area (Å²) in [6.45, 7) is 12.2. The minimum atomic E-state index is -0.952. The topological polar surface area (TPSA) is 138 Å². The number of Topliss-reactive ketones (excluding diaryl/α,β-unsaturated/α-hetero) is 1. The summed E-state index contributed by atoms with van der Waals surface area (Å²) < 4.78 is 5.20. The lowest BCUT2D eigenvalue weighted by Crippen LogP contribution is -2.57. The number of amides is 3. The van der Waals surface area contributed by atoms with Gasteiger partial charge in [0, 0.05) is 19.4 Å². The molecule has 1 fully saturated rings. The summed E-state index contributed by atoms with van der Waals surface area (Å²) in [6, 6.07) is 5.36. The molecule has 3 amide bonds. The predicted molar refractivity (Wildman–Crippen MR) is 157 cm³/mol. The number of benzene rings is 1. The Hall–Kier alpha value is -3.31. The van der Waals surface area contributed by atoms with Gasteiger partial charge in [0.25, 0.3) is 0 Å². The van der Waals surface area contributed by atoms with Gasteiger partial charge in [0.2, 0.25) is 11.8 Å². The Balaban J connectivity index is 1.62. The first-order valence-electron chi connectivity index (χ1n) is 14.0. The van der Waals surface area contributed by atoms with E-state index in [1.165, 1.54) is 11.8 Å². The van der Waals surface area contributed by atoms with Crippen LogP contribution >= 0.6 is 11.3 Å². The largest absolute Gasteiger partial charge is 0.444 e. The summed E-state index contributed by atoms with van der Waals surface area (Å²) in [7, 11) is 0. The number of alkyl carbamates (subject to hydrolysis) is 1. The van der Waals surface area contributed by atoms with Crippen LogP contribution in [-0.4, -0.2) is 75.1 Å². The van der Waals surface area contributed by atoms with Crippen LogP contribution in [0.4, 0.5) is 4.79 Å². The zero-order valence-corrected chi connectivity index (χ0v) is 25.7. The number of hydrogen-bond acceptors (Lipinski definition) is 8. The average molecular weight is 587 g/mol. The highest BCUT2D eigenvalue weighted by Gasteiger charge is 2.42. The van der Waals surface area contributed by atoms with Crippen LogP contribution in [0.5, 0.6) is 0 Å². The Morgan fingerprint density at radius 2 is 1.78 bits per heavy atom. The van der Waals surface area contributed by atoms with E-state index in [4.69, 9.17) is 4.74 Å². The molecule has 0 spiro atoms. The van der Waals surface area contributed by atoms with E-state index in [0.717, 1.165) is 21.7 Å². The van der Waals surface area contributed by atoms with Crippen molar-refractivity contribution >= 4 is 35.0 Å². The number of aromatic nitrogens is 1. The minimum absolute atomic E-state index is 0.0168. The summed E-state index contributed by atoms with van der Waals surface area (Å²) in [4.78, 5) is 58.6. The van der Waals surface area contributed by atoms with Crippen molar-refractivity contribution in [3.05, 3.63) is 41.0 Å². The molecule has 2 aromatic rings. The van der Waals surface area contributed by atoms with Gasteiger partial charge in [-0.3, -0.25) is 14.4 Å². The number of thiazole rings is 1. The first-order chi connectivity index (χ1) is 19.2. The van der Waals surface area contributed by atoms with Crippen molar-refractivity contribution in [2.45, 2.75) is 97.6 Å². The van der Waals surface area contributed by atoms with Gasteiger partial charge in [-0.1, -0.05) is 38.1 Å². The zero-order chi connectivity index (χ0) is 30.5. The van der Waals surface area contributed by atoms with Crippen molar-refractivity contribution in [3.8, 4) is 10.4 Å². The molecule has 1 aromatic heterocycles. The molecule has 0 unspecified atom stereocenters. The van der Waals surface area contributed by atoms with Crippen LogP contribution in [0.25, 0.3) is 10.4 Å². The van der Waals surface area contributed by atoms with Crippen molar-refractivity contribution in [3.63, 3.8) is 0 Å². The lowest BCUT2D eigenvalue weighted by atomic mass is 9.98. The fourth-order valence-corrected chi connectivity index (χ4v) is 5.53. The molecule has 1 aliphatic rings. The number of likely N-dealkylation sites (tertiary alicyclic amines) is 1. The maximum atomic E-state index is 13.6. The van der Waals surface area contributed by atoms with Crippen LogP contribution in [0.2, 0.25) is 0 Å². The van der Waals surface area contributed by atoms with E-state index in [1.54, 1.807) is 46.0 Å². The molecule has 4 atom stereocenters. The Bertz CT molecular complexity index is 1240. The smallest absolute Gasteiger partial charge is 0.408 e. The zero-order valence-electron chi connectivity index (χ0n) is 24.9. The first-order valence-corrected chi connectivity index (χ1v) is 14.8. The van der Waals surface area contributed by atoms with Crippen molar-refractivity contribution in [1.82, 2.24) is 20.5 Å². The SMILES string of the molecule is Cc1ncsc1-c1ccc(CCC(=O)[C@@H]2C[C@@H](O)CN2C(=O)[C@@H](NC(=O)[C@H](C)NC(=O)OC(C)(C)C)C(C)C)cc1. The van der Waals surface area contributed by atoms with Gasteiger partial charge >= 0.3 is 6.09 Å². The van der Waals surface area contributed by atoms with Crippen LogP contribution in [0, 0.1) is 12.8 Å². The molecule has 3 rings (SSSR count). The van der Waals surface area contributed by atoms with E-state index >= 15 is 0 Å². The molecule has 0 aliphatic carbocycles. The second-order valence-electron chi connectivity index (χ2n) is 11.9. The molecule has 0 saturated carbocycles. The number of nitrogens with zero attached hydrogens (tertiary/aromatic N) is 2. The second kappa shape index (κ2) is 13.6. The van der Waals surface area contributed by atoms with E-state index in [1.807, 2.05) is 36.7 Å². The van der Waals surface area contributed by atoms with Crippen molar-refractivity contribution in [2.75, 3.05) is 6.54 Å². The van der Waals surface area contributed by atoms with E-state index < -0.39 is 47.7 Å². The van der Waals surface area contributed by atoms with Crippen molar-refractivity contribution in [1.29, 1.82) is 0 Å². The number of carbonyl (C=O) groups excluding carboxylic acids is 4. The van der Waals surface area contributed by atoms with Crippen LogP contribution in [0.3, 0.4) is 0 Å². The van der Waals surface area contributed by atoms with Gasteiger partial charge in [-0.05, 0) is 58.1 Å². The minimum Gasteiger partial charge on any atom is -0.444 e. The molecule has 0 radical (unpaired) electrons. The number of aliphatic hydroxyl groups excluding tert-OH is 1. The fourth-order valence-electron chi connectivity index (χ4n) is 4.72. The van der Waals surface area contributed by atoms with Gasteiger partial charge in [-0.15, -0.1) is 11.3 Å². The van der Waals surface area contributed by atoms with Gasteiger partial charge in [0.1, 0.15) is 17.7 Å². The molecule has 224 valence electrons. The Labute approximate surface area is 245 Å². The molecular weight excluding hydrogens is 544 g/mol. The van der Waals surface area contributed by atoms with E-state index in [-0.39, 0.29) is 31.1 Å². The van der Waals surface area contributed by atoms with Crippen molar-refractivity contribution < 1.29 is 29.0 Å². The van der Waals surface area contributed by atoms with Gasteiger partial charge < -0.3 is 25.4 Å². The van der Waals surface area contributed by atoms with Crippen molar-refractivity contribution in [2.24, 2.45) is 5.92 Å². The summed E-state index contributed by atoms with van der Waals surface area (Å²) >= 11 is 1.58. The Morgan fingerprint density at radius 3 is 2.34 bits per heavy atom. The summed E-state index contributed by atoms with van der Waals surface area (Å²) in [5, 5.41) is 15.6. The highest BCUT2D eigenvalue weighted by atomic mass is 32.1. The number of carbonyl (C=O) groups is 4. The molecule has 0 bridgehead atoms. The van der Waals surface area contributed by atoms with Crippen LogP contribution in [0.1, 0.15) is 65.6 Å². The average Bonchev–Trinajstić information content (AvgIpc) is 3.49. The fraction of sp³-hybridized carbons (Fsp3) is 0.567. The van der Waals surface area contributed by atoms with Gasteiger partial charge in [-0.25, -0.2) is 9.78 Å². The third-order valence-corrected chi connectivity index (χ3v) is 7.89. The van der Waals surface area contributed by atoms with Crippen LogP contribution in [-0.2, 0) is 25.5 Å². The van der Waals surface area contributed by atoms with Crippen LogP contribution < -0.4 is 10.6 Å². The molecule has 41 heavy (non-hydrogen) atoms. The number of nitrogens with one attached hydrogen (secondary N) is 2. The summed E-state index contributed by atoms with van der Waals surface area (Å²) in [6.07, 6.45) is -0.687. The molecule has 10 nitrogen and oxygen atoms in total. The normalized spacial score (nSPS) is 18.6.